The summed E-state index contributed by atoms with van der Waals surface area (Å²) in [5.41, 5.74) is -1.08. The largest absolute Gasteiger partial charge is 0.385 e. The highest BCUT2D eigenvalue weighted by Crippen LogP contribution is 2.33. The molecule has 0 bridgehead atoms. The summed E-state index contributed by atoms with van der Waals surface area (Å²) >= 11 is 0. The average Bonchev–Trinajstić information content (AvgIpc) is 1.94. The van der Waals surface area contributed by atoms with Gasteiger partial charge in [0.1, 0.15) is 11.7 Å². The number of aliphatic hydroxyl groups excluding tert-OH is 1. The lowest BCUT2D eigenvalue weighted by molar-refractivity contribution is -0.257. The zero-order valence-corrected chi connectivity index (χ0v) is 6.03. The maximum absolute atomic E-state index is 9.17. The van der Waals surface area contributed by atoms with Crippen LogP contribution in [0.5, 0.6) is 0 Å². The van der Waals surface area contributed by atoms with Gasteiger partial charge in [-0.05, 0) is 13.8 Å². The van der Waals surface area contributed by atoms with Gasteiger partial charge in [0.25, 0.3) is 0 Å². The van der Waals surface area contributed by atoms with Crippen molar-refractivity contribution in [2.24, 2.45) is 0 Å². The maximum Gasteiger partial charge on any atom is 0.221 e. The van der Waals surface area contributed by atoms with Crippen molar-refractivity contribution >= 4 is 0 Å². The predicted octanol–water partition coefficient (Wildman–Crippen LogP) is -1.16. The first-order valence-electron chi connectivity index (χ1n) is 3.15. The van der Waals surface area contributed by atoms with Crippen LogP contribution in [0.3, 0.4) is 0 Å². The summed E-state index contributed by atoms with van der Waals surface area (Å²) in [7, 11) is 0. The average molecular weight is 148 g/mol. The summed E-state index contributed by atoms with van der Waals surface area (Å²) in [4.78, 5) is 0. The standard InChI is InChI=1S/C6H12O4/c1-5(2)6(8,9)4(7)3-10-5/h4,7-9H,3H2,1-2H3/t4-/m0/s1. The third kappa shape index (κ3) is 0.845. The van der Waals surface area contributed by atoms with Crippen molar-refractivity contribution in [1.82, 2.24) is 0 Å². The molecule has 60 valence electrons. The number of hydrogen-bond acceptors (Lipinski definition) is 4. The van der Waals surface area contributed by atoms with Crippen molar-refractivity contribution < 1.29 is 20.1 Å². The Morgan fingerprint density at radius 2 is 1.90 bits per heavy atom. The predicted molar refractivity (Wildman–Crippen MR) is 33.2 cm³/mol. The molecule has 0 unspecified atom stereocenters. The smallest absolute Gasteiger partial charge is 0.221 e. The number of hydrogen-bond donors (Lipinski definition) is 3. The molecule has 0 spiro atoms. The van der Waals surface area contributed by atoms with Crippen LogP contribution in [-0.4, -0.2) is 39.4 Å². The van der Waals surface area contributed by atoms with Crippen LogP contribution in [-0.2, 0) is 4.74 Å². The van der Waals surface area contributed by atoms with Crippen LogP contribution in [0.15, 0.2) is 0 Å². The topological polar surface area (TPSA) is 69.9 Å². The summed E-state index contributed by atoms with van der Waals surface area (Å²) in [6.45, 7) is 3.01. The van der Waals surface area contributed by atoms with E-state index in [9.17, 15) is 10.2 Å². The molecule has 0 radical (unpaired) electrons. The SMILES string of the molecule is CC1(C)OC[C@H](O)C1(O)O. The molecule has 1 fully saturated rings. The Kier molecular flexibility index (Phi) is 1.52. The lowest BCUT2D eigenvalue weighted by atomic mass is 9.96. The van der Waals surface area contributed by atoms with E-state index in [-0.39, 0.29) is 6.61 Å². The first-order chi connectivity index (χ1) is 4.38. The Labute approximate surface area is 59.1 Å². The van der Waals surface area contributed by atoms with Gasteiger partial charge in [-0.2, -0.15) is 0 Å². The van der Waals surface area contributed by atoms with E-state index in [4.69, 9.17) is 9.84 Å². The normalized spacial score (nSPS) is 36.3. The highest BCUT2D eigenvalue weighted by Gasteiger charge is 2.54. The van der Waals surface area contributed by atoms with E-state index >= 15 is 0 Å². The van der Waals surface area contributed by atoms with Crippen molar-refractivity contribution in [1.29, 1.82) is 0 Å². The van der Waals surface area contributed by atoms with Gasteiger partial charge in [0.05, 0.1) is 6.61 Å². The molecular weight excluding hydrogens is 136 g/mol. The fourth-order valence-electron chi connectivity index (χ4n) is 0.911. The highest BCUT2D eigenvalue weighted by molar-refractivity contribution is 4.96. The van der Waals surface area contributed by atoms with E-state index in [1.165, 1.54) is 13.8 Å². The van der Waals surface area contributed by atoms with E-state index in [1.807, 2.05) is 0 Å². The molecule has 0 aromatic carbocycles. The van der Waals surface area contributed by atoms with Crippen LogP contribution < -0.4 is 0 Å². The third-order valence-electron chi connectivity index (χ3n) is 1.95. The van der Waals surface area contributed by atoms with Crippen molar-refractivity contribution in [3.8, 4) is 0 Å². The number of aliphatic hydroxyl groups is 3. The highest BCUT2D eigenvalue weighted by atomic mass is 16.6. The molecule has 1 aliphatic rings. The Morgan fingerprint density at radius 3 is 2.00 bits per heavy atom. The summed E-state index contributed by atoms with van der Waals surface area (Å²) in [6.07, 6.45) is -1.21. The van der Waals surface area contributed by atoms with E-state index in [1.54, 1.807) is 0 Å². The third-order valence-corrected chi connectivity index (χ3v) is 1.95. The van der Waals surface area contributed by atoms with Gasteiger partial charge in [-0.25, -0.2) is 0 Å². The van der Waals surface area contributed by atoms with Gasteiger partial charge >= 0.3 is 0 Å². The number of ether oxygens (including phenoxy) is 1. The van der Waals surface area contributed by atoms with Crippen LogP contribution in [0.1, 0.15) is 13.8 Å². The van der Waals surface area contributed by atoms with Crippen LogP contribution in [0, 0.1) is 0 Å². The Bertz CT molecular complexity index is 141. The van der Waals surface area contributed by atoms with Crippen LogP contribution in [0.4, 0.5) is 0 Å². The summed E-state index contributed by atoms with van der Waals surface area (Å²) < 4.78 is 4.92. The molecule has 1 atom stereocenters. The first-order valence-corrected chi connectivity index (χ1v) is 3.15. The minimum Gasteiger partial charge on any atom is -0.385 e. The fourth-order valence-corrected chi connectivity index (χ4v) is 0.911. The zero-order valence-electron chi connectivity index (χ0n) is 6.03. The Hall–Kier alpha value is -0.160. The van der Waals surface area contributed by atoms with Crippen LogP contribution >= 0.6 is 0 Å². The molecule has 1 saturated heterocycles. The second-order valence-corrected chi connectivity index (χ2v) is 3.06. The molecular formula is C6H12O4. The molecule has 0 amide bonds. The van der Waals surface area contributed by atoms with Gasteiger partial charge in [-0.3, -0.25) is 0 Å². The van der Waals surface area contributed by atoms with E-state index in [0.717, 1.165) is 0 Å². The number of rotatable bonds is 0. The summed E-state index contributed by atoms with van der Waals surface area (Å²) in [6, 6.07) is 0. The van der Waals surface area contributed by atoms with Crippen molar-refractivity contribution in [3.05, 3.63) is 0 Å². The fraction of sp³-hybridized carbons (Fsp3) is 1.00. The monoisotopic (exact) mass is 148 g/mol. The lowest BCUT2D eigenvalue weighted by Crippen LogP contribution is -2.52. The van der Waals surface area contributed by atoms with Gasteiger partial charge in [-0.15, -0.1) is 0 Å². The van der Waals surface area contributed by atoms with E-state index < -0.39 is 17.5 Å². The van der Waals surface area contributed by atoms with Crippen molar-refractivity contribution in [3.63, 3.8) is 0 Å². The lowest BCUT2D eigenvalue weighted by Gasteiger charge is -2.30. The molecule has 1 rings (SSSR count). The minimum absolute atomic E-state index is 0.0278. The van der Waals surface area contributed by atoms with Crippen molar-refractivity contribution in [2.75, 3.05) is 6.61 Å². The molecule has 3 N–H and O–H groups in total. The van der Waals surface area contributed by atoms with Crippen LogP contribution in [0.25, 0.3) is 0 Å². The molecule has 0 aliphatic carbocycles. The van der Waals surface area contributed by atoms with Gasteiger partial charge in [0, 0.05) is 0 Å². The Morgan fingerprint density at radius 1 is 1.40 bits per heavy atom. The van der Waals surface area contributed by atoms with Crippen LogP contribution in [0.2, 0.25) is 0 Å². The van der Waals surface area contributed by atoms with E-state index in [2.05, 4.69) is 0 Å². The van der Waals surface area contributed by atoms with Crippen molar-refractivity contribution in [2.45, 2.75) is 31.3 Å². The summed E-state index contributed by atoms with van der Waals surface area (Å²) in [5.74, 6) is -2.12. The second-order valence-electron chi connectivity index (χ2n) is 3.06. The molecule has 0 saturated carbocycles. The maximum atomic E-state index is 9.17. The van der Waals surface area contributed by atoms with Gasteiger partial charge in [0.15, 0.2) is 0 Å². The second kappa shape index (κ2) is 1.92. The molecule has 0 aromatic heterocycles. The summed E-state index contributed by atoms with van der Waals surface area (Å²) in [5, 5.41) is 27.3. The molecule has 1 aliphatic heterocycles. The van der Waals surface area contributed by atoms with Gasteiger partial charge < -0.3 is 20.1 Å². The molecule has 0 aromatic rings. The molecule has 4 nitrogen and oxygen atoms in total. The quantitative estimate of drug-likeness (QED) is 0.379. The van der Waals surface area contributed by atoms with E-state index in [0.29, 0.717) is 0 Å². The molecule has 4 heteroatoms. The van der Waals surface area contributed by atoms with Gasteiger partial charge in [-0.1, -0.05) is 0 Å². The minimum atomic E-state index is -2.12. The van der Waals surface area contributed by atoms with Gasteiger partial charge in [0.2, 0.25) is 5.79 Å². The molecule has 1 heterocycles. The first kappa shape index (κ1) is 7.94. The zero-order chi connectivity index (χ0) is 7.99. The molecule has 10 heavy (non-hydrogen) atoms. The Balaban J connectivity index is 2.84.